The van der Waals surface area contributed by atoms with E-state index >= 15 is 0 Å². The van der Waals surface area contributed by atoms with E-state index in [4.69, 9.17) is 4.74 Å². The quantitative estimate of drug-likeness (QED) is 0.821. The van der Waals surface area contributed by atoms with Gasteiger partial charge in [-0.15, -0.1) is 0 Å². The molecule has 0 spiro atoms. The molecular formula is C14H21FO2. The van der Waals surface area contributed by atoms with Crippen molar-refractivity contribution < 1.29 is 14.2 Å². The van der Waals surface area contributed by atoms with E-state index in [9.17, 15) is 9.50 Å². The number of hydrogen-bond acceptors (Lipinski definition) is 2. The van der Waals surface area contributed by atoms with Crippen LogP contribution in [0.4, 0.5) is 4.39 Å². The van der Waals surface area contributed by atoms with Crippen LogP contribution in [0.25, 0.3) is 0 Å². The van der Waals surface area contributed by atoms with E-state index in [0.29, 0.717) is 23.8 Å². The molecule has 0 amide bonds. The third-order valence-corrected chi connectivity index (χ3v) is 3.05. The Bertz CT molecular complexity index is 346. The fourth-order valence-electron chi connectivity index (χ4n) is 1.71. The Labute approximate surface area is 102 Å². The Morgan fingerprint density at radius 2 is 1.94 bits per heavy atom. The summed E-state index contributed by atoms with van der Waals surface area (Å²) in [4.78, 5) is 0. The molecule has 1 N–H and O–H groups in total. The van der Waals surface area contributed by atoms with Crippen molar-refractivity contribution in [2.24, 2.45) is 5.92 Å². The topological polar surface area (TPSA) is 29.5 Å². The van der Waals surface area contributed by atoms with Crippen LogP contribution in [0.15, 0.2) is 18.2 Å². The van der Waals surface area contributed by atoms with Gasteiger partial charge in [0.05, 0.1) is 12.7 Å². The van der Waals surface area contributed by atoms with Crippen molar-refractivity contribution >= 4 is 0 Å². The van der Waals surface area contributed by atoms with Crippen LogP contribution < -0.4 is 4.74 Å². The molecule has 0 aromatic heterocycles. The lowest BCUT2D eigenvalue weighted by Gasteiger charge is -2.17. The minimum absolute atomic E-state index is 0.339. The van der Waals surface area contributed by atoms with E-state index < -0.39 is 6.10 Å². The number of hydrogen-bond donors (Lipinski definition) is 1. The van der Waals surface area contributed by atoms with Crippen LogP contribution in [0.5, 0.6) is 5.75 Å². The summed E-state index contributed by atoms with van der Waals surface area (Å²) < 4.78 is 18.8. The molecule has 0 heterocycles. The molecule has 0 aliphatic rings. The lowest BCUT2D eigenvalue weighted by atomic mass is 10.1. The van der Waals surface area contributed by atoms with Crippen LogP contribution in [-0.2, 0) is 0 Å². The molecule has 0 aliphatic heterocycles. The molecule has 3 heteroatoms. The SMILES string of the molecule is CCC(CC)COc1cc(F)ccc1[C@@H](C)O. The Balaban J connectivity index is 2.78. The maximum Gasteiger partial charge on any atom is 0.128 e. The number of halogens is 1. The third kappa shape index (κ3) is 4.00. The first kappa shape index (κ1) is 14.0. The zero-order valence-corrected chi connectivity index (χ0v) is 10.7. The molecule has 0 aliphatic carbocycles. The lowest BCUT2D eigenvalue weighted by molar-refractivity contribution is 0.184. The highest BCUT2D eigenvalue weighted by atomic mass is 19.1. The van der Waals surface area contributed by atoms with Gasteiger partial charge in [0.25, 0.3) is 0 Å². The molecule has 0 saturated carbocycles. The molecule has 1 atom stereocenters. The molecule has 0 fully saturated rings. The first-order valence-electron chi connectivity index (χ1n) is 6.18. The molecular weight excluding hydrogens is 219 g/mol. The van der Waals surface area contributed by atoms with Gasteiger partial charge in [0.1, 0.15) is 11.6 Å². The number of rotatable bonds is 6. The van der Waals surface area contributed by atoms with E-state index in [2.05, 4.69) is 13.8 Å². The fraction of sp³-hybridized carbons (Fsp3) is 0.571. The number of benzene rings is 1. The second kappa shape index (κ2) is 6.60. The summed E-state index contributed by atoms with van der Waals surface area (Å²) in [5.74, 6) is 0.584. The van der Waals surface area contributed by atoms with Gasteiger partial charge in [-0.25, -0.2) is 4.39 Å². The Morgan fingerprint density at radius 3 is 2.47 bits per heavy atom. The predicted molar refractivity (Wildman–Crippen MR) is 66.6 cm³/mol. The molecule has 1 aromatic carbocycles. The minimum Gasteiger partial charge on any atom is -0.493 e. The van der Waals surface area contributed by atoms with E-state index in [0.717, 1.165) is 12.8 Å². The van der Waals surface area contributed by atoms with Crippen molar-refractivity contribution in [1.29, 1.82) is 0 Å². The monoisotopic (exact) mass is 240 g/mol. The standard InChI is InChI=1S/C14H21FO2/c1-4-11(5-2)9-17-14-8-12(15)6-7-13(14)10(3)16/h6-8,10-11,16H,4-5,9H2,1-3H3/t10-/m1/s1. The normalized spacial score (nSPS) is 12.8. The molecule has 96 valence electrons. The zero-order valence-electron chi connectivity index (χ0n) is 10.7. The fourth-order valence-corrected chi connectivity index (χ4v) is 1.71. The summed E-state index contributed by atoms with van der Waals surface area (Å²) in [6.07, 6.45) is 1.43. The highest BCUT2D eigenvalue weighted by molar-refractivity contribution is 5.35. The predicted octanol–water partition coefficient (Wildman–Crippen LogP) is 3.69. The number of ether oxygens (including phenoxy) is 1. The van der Waals surface area contributed by atoms with E-state index in [1.54, 1.807) is 13.0 Å². The highest BCUT2D eigenvalue weighted by Gasteiger charge is 2.12. The smallest absolute Gasteiger partial charge is 0.128 e. The second-order valence-electron chi connectivity index (χ2n) is 4.35. The van der Waals surface area contributed by atoms with Crippen LogP contribution in [0, 0.1) is 11.7 Å². The minimum atomic E-state index is -0.646. The first-order chi connectivity index (χ1) is 8.08. The molecule has 1 aromatic rings. The van der Waals surface area contributed by atoms with Crippen molar-refractivity contribution in [1.82, 2.24) is 0 Å². The highest BCUT2D eigenvalue weighted by Crippen LogP contribution is 2.26. The van der Waals surface area contributed by atoms with Gasteiger partial charge in [-0.1, -0.05) is 26.7 Å². The molecule has 0 saturated heterocycles. The van der Waals surface area contributed by atoms with Gasteiger partial charge < -0.3 is 9.84 Å². The van der Waals surface area contributed by atoms with Crippen LogP contribution in [-0.4, -0.2) is 11.7 Å². The van der Waals surface area contributed by atoms with Crippen molar-refractivity contribution in [2.45, 2.75) is 39.7 Å². The Morgan fingerprint density at radius 1 is 1.29 bits per heavy atom. The van der Waals surface area contributed by atoms with Gasteiger partial charge in [0, 0.05) is 11.6 Å². The van der Waals surface area contributed by atoms with Crippen LogP contribution in [0.2, 0.25) is 0 Å². The van der Waals surface area contributed by atoms with Gasteiger partial charge in [0.15, 0.2) is 0 Å². The molecule has 1 rings (SSSR count). The van der Waals surface area contributed by atoms with Crippen molar-refractivity contribution in [3.8, 4) is 5.75 Å². The lowest BCUT2D eigenvalue weighted by Crippen LogP contribution is -2.11. The molecule has 0 unspecified atom stereocenters. The van der Waals surface area contributed by atoms with Crippen LogP contribution in [0.3, 0.4) is 0 Å². The third-order valence-electron chi connectivity index (χ3n) is 3.05. The molecule has 17 heavy (non-hydrogen) atoms. The summed E-state index contributed by atoms with van der Waals surface area (Å²) in [5, 5.41) is 9.57. The summed E-state index contributed by atoms with van der Waals surface area (Å²) in [6.45, 7) is 6.44. The van der Waals surface area contributed by atoms with Gasteiger partial charge >= 0.3 is 0 Å². The maximum absolute atomic E-state index is 13.1. The second-order valence-corrected chi connectivity index (χ2v) is 4.35. The van der Waals surface area contributed by atoms with E-state index in [-0.39, 0.29) is 5.82 Å². The Hall–Kier alpha value is -1.09. The average molecular weight is 240 g/mol. The van der Waals surface area contributed by atoms with Gasteiger partial charge in [-0.3, -0.25) is 0 Å². The summed E-state index contributed by atoms with van der Waals surface area (Å²) in [6, 6.07) is 4.25. The van der Waals surface area contributed by atoms with Crippen molar-refractivity contribution in [3.63, 3.8) is 0 Å². The zero-order chi connectivity index (χ0) is 12.8. The molecule has 0 bridgehead atoms. The summed E-state index contributed by atoms with van der Waals surface area (Å²) >= 11 is 0. The van der Waals surface area contributed by atoms with Gasteiger partial charge in [-0.05, 0) is 25.0 Å². The summed E-state index contributed by atoms with van der Waals surface area (Å²) in [5.41, 5.74) is 0.636. The molecule has 2 nitrogen and oxygen atoms in total. The van der Waals surface area contributed by atoms with Crippen molar-refractivity contribution in [3.05, 3.63) is 29.6 Å². The largest absolute Gasteiger partial charge is 0.493 e. The molecule has 0 radical (unpaired) electrons. The first-order valence-corrected chi connectivity index (χ1v) is 6.18. The number of aliphatic hydroxyl groups excluding tert-OH is 1. The van der Waals surface area contributed by atoms with Crippen LogP contribution >= 0.6 is 0 Å². The average Bonchev–Trinajstić information content (AvgIpc) is 2.30. The number of aliphatic hydroxyl groups is 1. The van der Waals surface area contributed by atoms with E-state index in [1.165, 1.54) is 12.1 Å². The van der Waals surface area contributed by atoms with Gasteiger partial charge in [0.2, 0.25) is 0 Å². The van der Waals surface area contributed by atoms with Crippen molar-refractivity contribution in [2.75, 3.05) is 6.61 Å². The van der Waals surface area contributed by atoms with Gasteiger partial charge in [-0.2, -0.15) is 0 Å². The summed E-state index contributed by atoms with van der Waals surface area (Å²) in [7, 11) is 0. The van der Waals surface area contributed by atoms with E-state index in [1.807, 2.05) is 0 Å². The maximum atomic E-state index is 13.1. The Kier molecular flexibility index (Phi) is 5.42. The van der Waals surface area contributed by atoms with Crippen LogP contribution in [0.1, 0.15) is 45.3 Å².